The molecule has 0 unspecified atom stereocenters. The second kappa shape index (κ2) is 5.52. The lowest BCUT2D eigenvalue weighted by molar-refractivity contribution is 0.0601. The van der Waals surface area contributed by atoms with Gasteiger partial charge in [-0.25, -0.2) is 4.79 Å². The van der Waals surface area contributed by atoms with Gasteiger partial charge in [0.1, 0.15) is 0 Å². The van der Waals surface area contributed by atoms with Crippen LogP contribution in [0, 0.1) is 10.5 Å². The summed E-state index contributed by atoms with van der Waals surface area (Å²) in [5.74, 6) is -0.301. The van der Waals surface area contributed by atoms with E-state index in [1.54, 1.807) is 0 Å². The molecule has 0 aliphatic heterocycles. The summed E-state index contributed by atoms with van der Waals surface area (Å²) in [6.45, 7) is 2.04. The third kappa shape index (κ3) is 2.56. The highest BCUT2D eigenvalue weighted by Crippen LogP contribution is 2.28. The second-order valence-corrected chi connectivity index (χ2v) is 5.24. The topological polar surface area (TPSA) is 26.3 Å². The van der Waals surface area contributed by atoms with Crippen LogP contribution >= 0.6 is 22.6 Å². The number of rotatable bonds is 2. The van der Waals surface area contributed by atoms with Crippen LogP contribution in [0.15, 0.2) is 42.5 Å². The molecule has 0 bridgehead atoms. The first-order valence-electron chi connectivity index (χ1n) is 5.57. The Hall–Kier alpha value is -1.36. The number of halogens is 1. The van der Waals surface area contributed by atoms with Gasteiger partial charge in [0.2, 0.25) is 0 Å². The Labute approximate surface area is 120 Å². The van der Waals surface area contributed by atoms with Crippen LogP contribution in [-0.2, 0) is 4.74 Å². The van der Waals surface area contributed by atoms with Gasteiger partial charge in [0.15, 0.2) is 0 Å². The van der Waals surface area contributed by atoms with E-state index in [1.165, 1.54) is 7.11 Å². The first kappa shape index (κ1) is 13.1. The van der Waals surface area contributed by atoms with E-state index in [1.807, 2.05) is 49.4 Å². The molecule has 0 aromatic heterocycles. The van der Waals surface area contributed by atoms with Crippen LogP contribution in [0.3, 0.4) is 0 Å². The number of carbonyl (C=O) groups excluding carboxylic acids is 1. The SMILES string of the molecule is COC(=O)c1ccc(I)cc1-c1ccccc1C. The Bertz CT molecular complexity index is 591. The van der Waals surface area contributed by atoms with Crippen molar-refractivity contribution in [3.8, 4) is 11.1 Å². The highest BCUT2D eigenvalue weighted by atomic mass is 127. The summed E-state index contributed by atoms with van der Waals surface area (Å²) < 4.78 is 5.93. The molecular formula is C15H13IO2. The number of methoxy groups -OCH3 is 1. The Morgan fingerprint density at radius 3 is 2.50 bits per heavy atom. The molecule has 0 N–H and O–H groups in total. The van der Waals surface area contributed by atoms with Gasteiger partial charge in [0.05, 0.1) is 12.7 Å². The van der Waals surface area contributed by atoms with Gasteiger partial charge in [-0.15, -0.1) is 0 Å². The molecule has 0 saturated heterocycles. The largest absolute Gasteiger partial charge is 0.465 e. The number of carbonyl (C=O) groups is 1. The number of aryl methyl sites for hydroxylation is 1. The van der Waals surface area contributed by atoms with E-state index in [4.69, 9.17) is 4.74 Å². The Balaban J connectivity index is 2.66. The molecule has 0 fully saturated rings. The molecule has 18 heavy (non-hydrogen) atoms. The molecule has 0 amide bonds. The summed E-state index contributed by atoms with van der Waals surface area (Å²) in [5, 5.41) is 0. The average molecular weight is 352 g/mol. The smallest absolute Gasteiger partial charge is 0.338 e. The molecule has 92 valence electrons. The first-order valence-corrected chi connectivity index (χ1v) is 6.65. The molecule has 0 atom stereocenters. The molecular weight excluding hydrogens is 339 g/mol. The molecule has 0 saturated carbocycles. The number of hydrogen-bond acceptors (Lipinski definition) is 2. The molecule has 2 aromatic carbocycles. The maximum atomic E-state index is 11.8. The molecule has 0 radical (unpaired) electrons. The highest BCUT2D eigenvalue weighted by molar-refractivity contribution is 14.1. The van der Waals surface area contributed by atoms with E-state index in [-0.39, 0.29) is 5.97 Å². The van der Waals surface area contributed by atoms with E-state index in [9.17, 15) is 4.79 Å². The lowest BCUT2D eigenvalue weighted by Gasteiger charge is -2.11. The van der Waals surface area contributed by atoms with E-state index in [0.717, 1.165) is 20.3 Å². The molecule has 2 nitrogen and oxygen atoms in total. The van der Waals surface area contributed by atoms with Gasteiger partial charge < -0.3 is 4.74 Å². The van der Waals surface area contributed by atoms with E-state index < -0.39 is 0 Å². The van der Waals surface area contributed by atoms with Crippen molar-refractivity contribution in [1.29, 1.82) is 0 Å². The zero-order chi connectivity index (χ0) is 13.1. The van der Waals surface area contributed by atoms with Gasteiger partial charge in [-0.1, -0.05) is 24.3 Å². The number of benzene rings is 2. The van der Waals surface area contributed by atoms with Crippen molar-refractivity contribution < 1.29 is 9.53 Å². The fourth-order valence-electron chi connectivity index (χ4n) is 1.90. The van der Waals surface area contributed by atoms with Crippen molar-refractivity contribution >= 4 is 28.6 Å². The zero-order valence-corrected chi connectivity index (χ0v) is 12.4. The van der Waals surface area contributed by atoms with Gasteiger partial charge in [-0.3, -0.25) is 0 Å². The average Bonchev–Trinajstić information content (AvgIpc) is 2.38. The van der Waals surface area contributed by atoms with Gasteiger partial charge in [-0.2, -0.15) is 0 Å². The molecule has 2 aromatic rings. The minimum Gasteiger partial charge on any atom is -0.465 e. The fraction of sp³-hybridized carbons (Fsp3) is 0.133. The van der Waals surface area contributed by atoms with Crippen molar-refractivity contribution in [2.75, 3.05) is 7.11 Å². The predicted molar refractivity (Wildman–Crippen MR) is 80.7 cm³/mol. The van der Waals surface area contributed by atoms with Crippen LogP contribution in [0.1, 0.15) is 15.9 Å². The van der Waals surface area contributed by atoms with Crippen LogP contribution in [-0.4, -0.2) is 13.1 Å². The highest BCUT2D eigenvalue weighted by Gasteiger charge is 2.14. The Morgan fingerprint density at radius 1 is 1.11 bits per heavy atom. The molecule has 0 aliphatic carbocycles. The minimum absolute atomic E-state index is 0.301. The summed E-state index contributed by atoms with van der Waals surface area (Å²) in [5.41, 5.74) is 3.74. The number of hydrogen-bond donors (Lipinski definition) is 0. The summed E-state index contributed by atoms with van der Waals surface area (Å²) in [7, 11) is 1.40. The lowest BCUT2D eigenvalue weighted by atomic mass is 9.96. The van der Waals surface area contributed by atoms with Crippen LogP contribution in [0.4, 0.5) is 0 Å². The lowest BCUT2D eigenvalue weighted by Crippen LogP contribution is -2.04. The van der Waals surface area contributed by atoms with Crippen LogP contribution < -0.4 is 0 Å². The standard InChI is InChI=1S/C15H13IO2/c1-10-5-3-4-6-12(10)14-9-11(16)7-8-13(14)15(17)18-2/h3-9H,1-2H3. The summed E-state index contributed by atoms with van der Waals surface area (Å²) in [6, 6.07) is 13.8. The van der Waals surface area contributed by atoms with Crippen molar-refractivity contribution in [3.05, 3.63) is 57.2 Å². The number of ether oxygens (including phenoxy) is 1. The summed E-state index contributed by atoms with van der Waals surface area (Å²) in [6.07, 6.45) is 0. The van der Waals surface area contributed by atoms with Crippen LogP contribution in [0.5, 0.6) is 0 Å². The van der Waals surface area contributed by atoms with Crippen molar-refractivity contribution in [2.45, 2.75) is 6.92 Å². The molecule has 0 spiro atoms. The van der Waals surface area contributed by atoms with E-state index in [2.05, 4.69) is 22.6 Å². The van der Waals surface area contributed by atoms with Crippen LogP contribution in [0.25, 0.3) is 11.1 Å². The monoisotopic (exact) mass is 352 g/mol. The van der Waals surface area contributed by atoms with Crippen molar-refractivity contribution in [3.63, 3.8) is 0 Å². The number of esters is 1. The molecule has 2 rings (SSSR count). The fourth-order valence-corrected chi connectivity index (χ4v) is 2.39. The molecule has 0 heterocycles. The molecule has 3 heteroatoms. The van der Waals surface area contributed by atoms with Crippen molar-refractivity contribution in [2.24, 2.45) is 0 Å². The third-order valence-corrected chi connectivity index (χ3v) is 3.49. The maximum absolute atomic E-state index is 11.8. The van der Waals surface area contributed by atoms with Gasteiger partial charge in [-0.05, 0) is 64.4 Å². The Kier molecular flexibility index (Phi) is 4.01. The second-order valence-electron chi connectivity index (χ2n) is 4.00. The van der Waals surface area contributed by atoms with E-state index in [0.29, 0.717) is 5.56 Å². The van der Waals surface area contributed by atoms with Gasteiger partial charge in [0.25, 0.3) is 0 Å². The normalized spacial score (nSPS) is 10.2. The summed E-state index contributed by atoms with van der Waals surface area (Å²) >= 11 is 2.24. The quantitative estimate of drug-likeness (QED) is 0.602. The van der Waals surface area contributed by atoms with Gasteiger partial charge >= 0.3 is 5.97 Å². The first-order chi connectivity index (χ1) is 8.63. The zero-order valence-electron chi connectivity index (χ0n) is 10.2. The van der Waals surface area contributed by atoms with Gasteiger partial charge in [0, 0.05) is 3.57 Å². The van der Waals surface area contributed by atoms with Crippen molar-refractivity contribution in [1.82, 2.24) is 0 Å². The summed E-state index contributed by atoms with van der Waals surface area (Å²) in [4.78, 5) is 11.8. The van der Waals surface area contributed by atoms with E-state index >= 15 is 0 Å². The predicted octanol–water partition coefficient (Wildman–Crippen LogP) is 4.05. The minimum atomic E-state index is -0.301. The Morgan fingerprint density at radius 2 is 1.83 bits per heavy atom. The maximum Gasteiger partial charge on any atom is 0.338 e. The molecule has 0 aliphatic rings. The third-order valence-electron chi connectivity index (χ3n) is 2.82. The van der Waals surface area contributed by atoms with Crippen LogP contribution in [0.2, 0.25) is 0 Å².